The van der Waals surface area contributed by atoms with Crippen molar-refractivity contribution in [3.63, 3.8) is 0 Å². The van der Waals surface area contributed by atoms with Gasteiger partial charge in [-0.2, -0.15) is 5.10 Å². The average Bonchev–Trinajstić information content (AvgIpc) is 2.82. The van der Waals surface area contributed by atoms with Crippen molar-refractivity contribution >= 4 is 34.6 Å². The molecule has 2 rings (SSSR count). The lowest BCUT2D eigenvalue weighted by Gasteiger charge is -2.02. The molecular weight excluding hydrogens is 294 g/mol. The van der Waals surface area contributed by atoms with Crippen molar-refractivity contribution in [3.8, 4) is 0 Å². The first-order valence-electron chi connectivity index (χ1n) is 6.04. The zero-order valence-corrected chi connectivity index (χ0v) is 12.8. The normalized spacial score (nSPS) is 11.4. The third-order valence-electron chi connectivity index (χ3n) is 2.59. The van der Waals surface area contributed by atoms with E-state index in [4.69, 9.17) is 11.6 Å². The minimum atomic E-state index is -0.173. The van der Waals surface area contributed by atoms with Gasteiger partial charge in [-0.1, -0.05) is 23.7 Å². The number of halogens is 1. The topological polar surface area (TPSA) is 54.4 Å². The Labute approximate surface area is 126 Å². The maximum atomic E-state index is 11.7. The first-order chi connectivity index (χ1) is 9.54. The van der Waals surface area contributed by atoms with Gasteiger partial charge in [0.05, 0.1) is 12.1 Å². The number of aromatic nitrogens is 1. The molecule has 0 radical (unpaired) electrons. The number of hydrogen-bond donors (Lipinski definition) is 1. The minimum absolute atomic E-state index is 0.173. The summed E-state index contributed by atoms with van der Waals surface area (Å²) in [6.45, 7) is 3.73. The molecule has 1 aromatic carbocycles. The zero-order chi connectivity index (χ0) is 14.5. The van der Waals surface area contributed by atoms with Crippen LogP contribution in [0.1, 0.15) is 23.2 Å². The fourth-order valence-corrected chi connectivity index (χ4v) is 2.46. The second kappa shape index (κ2) is 6.63. The molecule has 1 N–H and O–H groups in total. The highest BCUT2D eigenvalue weighted by molar-refractivity contribution is 7.09. The Bertz CT molecular complexity index is 634. The summed E-state index contributed by atoms with van der Waals surface area (Å²) in [5, 5.41) is 7.46. The van der Waals surface area contributed by atoms with Crippen molar-refractivity contribution in [1.82, 2.24) is 10.4 Å². The summed E-state index contributed by atoms with van der Waals surface area (Å²) in [5.74, 6) is -0.173. The molecule has 6 heteroatoms. The second-order valence-corrected chi connectivity index (χ2v) is 5.68. The van der Waals surface area contributed by atoms with Crippen LogP contribution in [0, 0.1) is 6.92 Å². The molecule has 1 heterocycles. The van der Waals surface area contributed by atoms with Crippen LogP contribution in [0.15, 0.2) is 34.7 Å². The van der Waals surface area contributed by atoms with Gasteiger partial charge >= 0.3 is 0 Å². The summed E-state index contributed by atoms with van der Waals surface area (Å²) >= 11 is 7.30. The van der Waals surface area contributed by atoms with Crippen molar-refractivity contribution in [2.24, 2.45) is 5.10 Å². The molecule has 2 aromatic rings. The van der Waals surface area contributed by atoms with Gasteiger partial charge in [0, 0.05) is 16.1 Å². The van der Waals surface area contributed by atoms with E-state index in [0.717, 1.165) is 22.0 Å². The van der Waals surface area contributed by atoms with E-state index < -0.39 is 0 Å². The van der Waals surface area contributed by atoms with Crippen LogP contribution >= 0.6 is 22.9 Å². The average molecular weight is 308 g/mol. The number of carbonyl (C=O) groups is 1. The van der Waals surface area contributed by atoms with Crippen LogP contribution in [0.25, 0.3) is 0 Å². The maximum absolute atomic E-state index is 11.7. The largest absolute Gasteiger partial charge is 0.273 e. The summed E-state index contributed by atoms with van der Waals surface area (Å²) in [4.78, 5) is 16.0. The van der Waals surface area contributed by atoms with Gasteiger partial charge in [-0.05, 0) is 31.5 Å². The van der Waals surface area contributed by atoms with Gasteiger partial charge in [-0.25, -0.2) is 10.4 Å². The molecular formula is C14H14ClN3OS. The molecule has 0 fully saturated rings. The predicted octanol–water partition coefficient (Wildman–Crippen LogP) is 3.19. The molecule has 0 saturated carbocycles. The number of rotatable bonds is 4. The summed E-state index contributed by atoms with van der Waals surface area (Å²) in [6.07, 6.45) is 0.246. The molecule has 0 aliphatic rings. The Morgan fingerprint density at radius 2 is 2.10 bits per heavy atom. The fourth-order valence-electron chi connectivity index (χ4n) is 1.56. The van der Waals surface area contributed by atoms with Crippen LogP contribution < -0.4 is 5.43 Å². The number of hydrogen-bond acceptors (Lipinski definition) is 4. The minimum Gasteiger partial charge on any atom is -0.273 e. The van der Waals surface area contributed by atoms with E-state index in [0.29, 0.717) is 5.02 Å². The Hall–Kier alpha value is -1.72. The van der Waals surface area contributed by atoms with Crippen molar-refractivity contribution in [1.29, 1.82) is 0 Å². The number of hydrazone groups is 1. The van der Waals surface area contributed by atoms with Gasteiger partial charge in [-0.15, -0.1) is 11.3 Å². The number of benzene rings is 1. The lowest BCUT2D eigenvalue weighted by molar-refractivity contribution is -0.120. The predicted molar refractivity (Wildman–Crippen MR) is 82.4 cm³/mol. The van der Waals surface area contributed by atoms with E-state index in [1.165, 1.54) is 11.3 Å². The Morgan fingerprint density at radius 3 is 2.70 bits per heavy atom. The van der Waals surface area contributed by atoms with Crippen molar-refractivity contribution in [2.45, 2.75) is 20.3 Å². The van der Waals surface area contributed by atoms with Gasteiger partial charge in [0.2, 0.25) is 5.91 Å². The molecule has 0 bridgehead atoms. The van der Waals surface area contributed by atoms with Crippen molar-refractivity contribution < 1.29 is 4.79 Å². The van der Waals surface area contributed by atoms with Crippen LogP contribution in [-0.4, -0.2) is 16.6 Å². The lowest BCUT2D eigenvalue weighted by atomic mass is 10.1. The quantitative estimate of drug-likeness (QED) is 0.696. The van der Waals surface area contributed by atoms with Gasteiger partial charge in [0.1, 0.15) is 5.01 Å². The van der Waals surface area contributed by atoms with Gasteiger partial charge in [0.25, 0.3) is 0 Å². The van der Waals surface area contributed by atoms with E-state index in [1.807, 2.05) is 31.4 Å². The molecule has 1 aromatic heterocycles. The van der Waals surface area contributed by atoms with Crippen molar-refractivity contribution in [2.75, 3.05) is 0 Å². The van der Waals surface area contributed by atoms with Crippen LogP contribution in [0.4, 0.5) is 0 Å². The summed E-state index contributed by atoms with van der Waals surface area (Å²) in [5.41, 5.74) is 5.11. The molecule has 0 atom stereocenters. The van der Waals surface area contributed by atoms with E-state index in [9.17, 15) is 4.79 Å². The number of amides is 1. The first-order valence-corrected chi connectivity index (χ1v) is 7.30. The molecule has 0 unspecified atom stereocenters. The van der Waals surface area contributed by atoms with E-state index >= 15 is 0 Å². The first kappa shape index (κ1) is 14.7. The number of carbonyl (C=O) groups excluding carboxylic acids is 1. The summed E-state index contributed by atoms with van der Waals surface area (Å²) in [7, 11) is 0. The van der Waals surface area contributed by atoms with Crippen LogP contribution in [-0.2, 0) is 11.2 Å². The SMILES string of the molecule is C/C(=N/NC(=O)Cc1nc(C)cs1)c1ccc(Cl)cc1. The molecule has 104 valence electrons. The van der Waals surface area contributed by atoms with E-state index in [-0.39, 0.29) is 12.3 Å². The number of nitrogens with zero attached hydrogens (tertiary/aromatic N) is 2. The molecule has 0 aliphatic heterocycles. The highest BCUT2D eigenvalue weighted by Crippen LogP contribution is 2.11. The van der Waals surface area contributed by atoms with Crippen LogP contribution in [0.2, 0.25) is 5.02 Å². The smallest absolute Gasteiger partial charge is 0.246 e. The molecule has 1 amide bonds. The zero-order valence-electron chi connectivity index (χ0n) is 11.2. The number of thiazole rings is 1. The van der Waals surface area contributed by atoms with Gasteiger partial charge in [0.15, 0.2) is 0 Å². The lowest BCUT2D eigenvalue weighted by Crippen LogP contribution is -2.21. The molecule has 4 nitrogen and oxygen atoms in total. The summed E-state index contributed by atoms with van der Waals surface area (Å²) < 4.78 is 0. The molecule has 0 spiro atoms. The molecule has 20 heavy (non-hydrogen) atoms. The summed E-state index contributed by atoms with van der Waals surface area (Å²) in [6, 6.07) is 7.29. The van der Waals surface area contributed by atoms with Gasteiger partial charge in [-0.3, -0.25) is 4.79 Å². The molecule has 0 aliphatic carbocycles. The van der Waals surface area contributed by atoms with E-state index in [1.54, 1.807) is 12.1 Å². The second-order valence-electron chi connectivity index (χ2n) is 4.30. The van der Waals surface area contributed by atoms with Crippen LogP contribution in [0.3, 0.4) is 0 Å². The Morgan fingerprint density at radius 1 is 1.40 bits per heavy atom. The Kier molecular flexibility index (Phi) is 4.87. The third kappa shape index (κ3) is 4.15. The van der Waals surface area contributed by atoms with Crippen LogP contribution in [0.5, 0.6) is 0 Å². The number of nitrogens with one attached hydrogen (secondary N) is 1. The molecule has 0 saturated heterocycles. The van der Waals surface area contributed by atoms with E-state index in [2.05, 4.69) is 15.5 Å². The fraction of sp³-hybridized carbons (Fsp3) is 0.214. The monoisotopic (exact) mass is 307 g/mol. The third-order valence-corrected chi connectivity index (χ3v) is 3.81. The standard InChI is InChI=1S/C14H14ClN3OS/c1-9-8-20-14(16-9)7-13(19)18-17-10(2)11-3-5-12(15)6-4-11/h3-6,8H,7H2,1-2H3,(H,18,19)/b17-10-. The highest BCUT2D eigenvalue weighted by Gasteiger charge is 2.06. The van der Waals surface area contributed by atoms with Gasteiger partial charge < -0.3 is 0 Å². The highest BCUT2D eigenvalue weighted by atomic mass is 35.5. The Balaban J connectivity index is 1.94. The maximum Gasteiger partial charge on any atom is 0.246 e. The number of aryl methyl sites for hydroxylation is 1. The van der Waals surface area contributed by atoms with Crippen molar-refractivity contribution in [3.05, 3.63) is 50.9 Å².